The maximum absolute atomic E-state index is 13.3. The highest BCUT2D eigenvalue weighted by Crippen LogP contribution is 2.34. The molecule has 2 aromatic heterocycles. The van der Waals surface area contributed by atoms with Gasteiger partial charge in [0, 0.05) is 30.0 Å². The van der Waals surface area contributed by atoms with Crippen molar-refractivity contribution in [1.29, 1.82) is 0 Å². The van der Waals surface area contributed by atoms with Gasteiger partial charge in [-0.25, -0.2) is 4.98 Å². The van der Waals surface area contributed by atoms with Crippen LogP contribution in [0.1, 0.15) is 42.8 Å². The minimum Gasteiger partial charge on any atom is -0.508 e. The van der Waals surface area contributed by atoms with Gasteiger partial charge in [0.15, 0.2) is 5.76 Å². The summed E-state index contributed by atoms with van der Waals surface area (Å²) in [5, 5.41) is 15.6. The summed E-state index contributed by atoms with van der Waals surface area (Å²) in [6, 6.07) is 3.46. The lowest BCUT2D eigenvalue weighted by molar-refractivity contribution is -0.678. The number of rotatable bonds is 3. The third kappa shape index (κ3) is 2.75. The number of fused-ring (bicyclic) bond motifs is 1. The van der Waals surface area contributed by atoms with Crippen molar-refractivity contribution < 1.29 is 14.8 Å². The molecule has 1 aliphatic heterocycles. The Bertz CT molecular complexity index is 1000. The summed E-state index contributed by atoms with van der Waals surface area (Å²) in [5.41, 5.74) is 2.64. The van der Waals surface area contributed by atoms with Gasteiger partial charge in [0.05, 0.1) is 11.9 Å². The van der Waals surface area contributed by atoms with Crippen molar-refractivity contribution in [2.75, 3.05) is 6.54 Å². The predicted octanol–water partition coefficient (Wildman–Crippen LogP) is 2.89. The van der Waals surface area contributed by atoms with Gasteiger partial charge in [-0.05, 0) is 25.0 Å². The van der Waals surface area contributed by atoms with Gasteiger partial charge in [-0.15, -0.1) is 11.3 Å². The maximum atomic E-state index is 13.3. The van der Waals surface area contributed by atoms with E-state index in [9.17, 15) is 9.90 Å². The summed E-state index contributed by atoms with van der Waals surface area (Å²) in [6.07, 6.45) is 2.73. The highest BCUT2D eigenvalue weighted by molar-refractivity contribution is 7.13. The zero-order valence-corrected chi connectivity index (χ0v) is 15.2. The zero-order valence-electron chi connectivity index (χ0n) is 14.3. The second kappa shape index (κ2) is 6.28. The Morgan fingerprint density at radius 3 is 2.92 bits per heavy atom. The monoisotopic (exact) mass is 357 g/mol. The Hall–Kier alpha value is -2.18. The van der Waals surface area contributed by atoms with Crippen LogP contribution in [0.5, 0.6) is 5.75 Å². The van der Waals surface area contributed by atoms with E-state index < -0.39 is 0 Å². The van der Waals surface area contributed by atoms with Gasteiger partial charge in [0.1, 0.15) is 27.9 Å². The van der Waals surface area contributed by atoms with Crippen molar-refractivity contribution in [2.24, 2.45) is 0 Å². The van der Waals surface area contributed by atoms with E-state index in [2.05, 4.69) is 10.3 Å². The van der Waals surface area contributed by atoms with E-state index in [-0.39, 0.29) is 17.2 Å². The molecule has 0 amide bonds. The van der Waals surface area contributed by atoms with Crippen LogP contribution in [0.15, 0.2) is 26.7 Å². The molecule has 1 fully saturated rings. The van der Waals surface area contributed by atoms with Crippen molar-refractivity contribution in [3.8, 4) is 16.3 Å². The molecule has 1 aromatic carbocycles. The molecule has 25 heavy (non-hydrogen) atoms. The number of benzene rings is 1. The predicted molar refractivity (Wildman–Crippen MR) is 98.1 cm³/mol. The molecule has 6 heteroatoms. The van der Waals surface area contributed by atoms with Crippen LogP contribution in [0.25, 0.3) is 21.5 Å². The Balaban J connectivity index is 2.04. The number of hydrogen-bond acceptors (Lipinski definition) is 5. The molecule has 0 spiro atoms. The Morgan fingerprint density at radius 1 is 1.44 bits per heavy atom. The SMILES string of the molecule is CCc1cc2c(=O)c(-c3nc(C)cs3)c([C@@H]3CCC[NH2+]3)oc2cc1O. The minimum absolute atomic E-state index is 0.0550. The molecule has 130 valence electrons. The van der Waals surface area contributed by atoms with Gasteiger partial charge in [-0.2, -0.15) is 0 Å². The molecule has 0 aliphatic carbocycles. The van der Waals surface area contributed by atoms with Crippen molar-refractivity contribution in [2.45, 2.75) is 39.2 Å². The summed E-state index contributed by atoms with van der Waals surface area (Å²) < 4.78 is 6.18. The number of thiazole rings is 1. The fourth-order valence-corrected chi connectivity index (χ4v) is 4.36. The van der Waals surface area contributed by atoms with E-state index in [1.807, 2.05) is 19.2 Å². The first kappa shape index (κ1) is 16.3. The third-order valence-corrected chi connectivity index (χ3v) is 5.82. The van der Waals surface area contributed by atoms with E-state index in [4.69, 9.17) is 4.42 Å². The van der Waals surface area contributed by atoms with Gasteiger partial charge in [-0.3, -0.25) is 4.79 Å². The number of phenolic OH excluding ortho intramolecular Hbond substituents is 1. The van der Waals surface area contributed by atoms with Crippen LogP contribution in [0.4, 0.5) is 0 Å². The van der Waals surface area contributed by atoms with Gasteiger partial charge in [-0.1, -0.05) is 6.92 Å². The largest absolute Gasteiger partial charge is 0.508 e. The Kier molecular flexibility index (Phi) is 4.09. The number of hydrogen-bond donors (Lipinski definition) is 2. The van der Waals surface area contributed by atoms with Gasteiger partial charge < -0.3 is 14.8 Å². The molecule has 0 radical (unpaired) electrons. The fraction of sp³-hybridized carbons (Fsp3) is 0.368. The number of nitrogens with two attached hydrogens (primary N) is 1. The summed E-state index contributed by atoms with van der Waals surface area (Å²) in [6.45, 7) is 4.91. The van der Waals surface area contributed by atoms with E-state index in [1.165, 1.54) is 11.3 Å². The molecule has 1 aliphatic rings. The van der Waals surface area contributed by atoms with Crippen LogP contribution >= 0.6 is 11.3 Å². The lowest BCUT2D eigenvalue weighted by atomic mass is 10.0. The summed E-state index contributed by atoms with van der Waals surface area (Å²) >= 11 is 1.48. The third-order valence-electron chi connectivity index (χ3n) is 4.84. The highest BCUT2D eigenvalue weighted by atomic mass is 32.1. The molecule has 1 atom stereocenters. The van der Waals surface area contributed by atoms with Gasteiger partial charge in [0.25, 0.3) is 0 Å². The number of phenols is 1. The van der Waals surface area contributed by atoms with Crippen molar-refractivity contribution in [1.82, 2.24) is 4.98 Å². The lowest BCUT2D eigenvalue weighted by Gasteiger charge is -2.13. The fourth-order valence-electron chi connectivity index (χ4n) is 3.52. The van der Waals surface area contributed by atoms with Crippen molar-refractivity contribution in [3.05, 3.63) is 44.8 Å². The molecule has 1 saturated heterocycles. The minimum atomic E-state index is -0.0550. The standard InChI is InChI=1S/C19H20N2O3S/c1-3-11-7-12-15(8-14(11)22)24-18(13-5-4-6-20-13)16(17(12)23)19-21-10(2)9-25-19/h7-9,13,20,22H,3-6H2,1-2H3/p+1/t13-/m0/s1. The van der Waals surface area contributed by atoms with Crippen molar-refractivity contribution in [3.63, 3.8) is 0 Å². The second-order valence-electron chi connectivity index (χ2n) is 6.57. The summed E-state index contributed by atoms with van der Waals surface area (Å²) in [5.74, 6) is 0.866. The second-order valence-corrected chi connectivity index (χ2v) is 7.43. The highest BCUT2D eigenvalue weighted by Gasteiger charge is 2.30. The van der Waals surface area contributed by atoms with E-state index in [0.717, 1.165) is 35.7 Å². The molecule has 0 bridgehead atoms. The van der Waals surface area contributed by atoms with Gasteiger partial charge >= 0.3 is 0 Å². The molecular formula is C19H21N2O3S+. The first-order chi connectivity index (χ1) is 12.1. The van der Waals surface area contributed by atoms with Gasteiger partial charge in [0.2, 0.25) is 5.43 Å². The molecule has 5 nitrogen and oxygen atoms in total. The van der Waals surface area contributed by atoms with Crippen LogP contribution in [-0.2, 0) is 6.42 Å². The van der Waals surface area contributed by atoms with Crippen LogP contribution in [0, 0.1) is 6.92 Å². The Morgan fingerprint density at radius 2 is 2.28 bits per heavy atom. The molecular weight excluding hydrogens is 336 g/mol. The number of aromatic hydroxyl groups is 1. The first-order valence-corrected chi connectivity index (χ1v) is 9.55. The number of nitrogens with zero attached hydrogens (tertiary/aromatic N) is 1. The van der Waals surface area contributed by atoms with E-state index >= 15 is 0 Å². The molecule has 3 heterocycles. The molecule has 0 unspecified atom stereocenters. The first-order valence-electron chi connectivity index (χ1n) is 8.67. The number of aromatic nitrogens is 1. The quantitative estimate of drug-likeness (QED) is 0.755. The van der Waals surface area contributed by atoms with Crippen LogP contribution in [0.2, 0.25) is 0 Å². The summed E-state index contributed by atoms with van der Waals surface area (Å²) in [4.78, 5) is 17.8. The topological polar surface area (TPSA) is 79.9 Å². The van der Waals surface area contributed by atoms with E-state index in [1.54, 1.807) is 12.1 Å². The molecule has 0 saturated carbocycles. The average molecular weight is 357 g/mol. The van der Waals surface area contributed by atoms with Crippen LogP contribution in [0.3, 0.4) is 0 Å². The zero-order chi connectivity index (χ0) is 17.6. The van der Waals surface area contributed by atoms with E-state index in [0.29, 0.717) is 28.7 Å². The Labute approximate surface area is 149 Å². The smallest absolute Gasteiger partial charge is 0.203 e. The summed E-state index contributed by atoms with van der Waals surface area (Å²) in [7, 11) is 0. The normalized spacial score (nSPS) is 17.4. The van der Waals surface area contributed by atoms with Crippen molar-refractivity contribution >= 4 is 22.3 Å². The number of quaternary nitrogens is 1. The number of aryl methyl sites for hydroxylation is 2. The molecule has 3 aromatic rings. The molecule has 3 N–H and O–H groups in total. The maximum Gasteiger partial charge on any atom is 0.203 e. The molecule has 4 rings (SSSR count). The lowest BCUT2D eigenvalue weighted by Crippen LogP contribution is -2.81. The van der Waals surface area contributed by atoms with Crippen LogP contribution < -0.4 is 10.7 Å². The van der Waals surface area contributed by atoms with Crippen LogP contribution in [-0.4, -0.2) is 16.6 Å². The average Bonchev–Trinajstić information content (AvgIpc) is 3.26.